The average molecular weight is 1190 g/mol. The van der Waals surface area contributed by atoms with Crippen LogP contribution in [0.5, 0.6) is 0 Å². The molecule has 0 aromatic heterocycles. The first-order valence-electron chi connectivity index (χ1n) is 17.1. The molecular weight excluding hydrogens is 1170 g/mol. The second kappa shape index (κ2) is 18.0. The average Bonchev–Trinajstić information content (AvgIpc) is 3.19. The van der Waals surface area contributed by atoms with Gasteiger partial charge in [-0.3, -0.25) is 4.79 Å². The van der Waals surface area contributed by atoms with Crippen molar-refractivity contribution in [3.05, 3.63) is 29.3 Å². The van der Waals surface area contributed by atoms with E-state index in [0.29, 0.717) is 6.07 Å². The lowest BCUT2D eigenvalue weighted by Gasteiger charge is -2.47. The zero-order valence-electron chi connectivity index (χ0n) is 33.5. The molecule has 0 bridgehead atoms. The monoisotopic (exact) mass is 1190 g/mol. The number of carbonyl (C=O) groups is 1. The zero-order valence-corrected chi connectivity index (χ0v) is 33.5. The molecule has 0 saturated carbocycles. The molecule has 0 aliphatic heterocycles. The molecule has 0 radical (unpaired) electrons. The Bertz CT molecular complexity index is 2290. The molecule has 1 aromatic rings. The molecule has 4 nitrogen and oxygen atoms in total. The van der Waals surface area contributed by atoms with Crippen molar-refractivity contribution in [2.24, 2.45) is 4.99 Å². The van der Waals surface area contributed by atoms with E-state index in [1.165, 1.54) is 5.32 Å². The minimum absolute atomic E-state index is 0.0320. The summed E-state index contributed by atoms with van der Waals surface area (Å²) in [6.45, 7) is 0.905. The Hall–Kier alpha value is -4.66. The van der Waals surface area contributed by atoms with Gasteiger partial charge in [0.1, 0.15) is 0 Å². The van der Waals surface area contributed by atoms with Crippen molar-refractivity contribution >= 4 is 17.7 Å². The van der Waals surface area contributed by atoms with Gasteiger partial charge in [-0.1, -0.05) is 6.07 Å². The highest BCUT2D eigenvalue weighted by Gasteiger charge is 3.03. The topological polar surface area (TPSA) is 58.5 Å². The van der Waals surface area contributed by atoms with E-state index in [1.807, 2.05) is 0 Å². The highest BCUT2D eigenvalue weighted by molar-refractivity contribution is 5.96. The Balaban J connectivity index is 3.99. The Morgan fingerprint density at radius 3 is 0.878 bits per heavy atom. The van der Waals surface area contributed by atoms with Crippen LogP contribution in [0.2, 0.25) is 0 Å². The van der Waals surface area contributed by atoms with E-state index in [1.54, 1.807) is 0 Å². The lowest BCUT2D eigenvalue weighted by molar-refractivity contribution is -0.494. The molecule has 0 saturated heterocycles. The van der Waals surface area contributed by atoms with Crippen LogP contribution in [0, 0.1) is 6.92 Å². The van der Waals surface area contributed by atoms with E-state index in [0.717, 1.165) is 25.1 Å². The van der Waals surface area contributed by atoms with Crippen LogP contribution >= 0.6 is 0 Å². The van der Waals surface area contributed by atoms with Gasteiger partial charge in [0, 0.05) is 18.0 Å². The smallest absolute Gasteiger partial charge is 0.349 e. The number of alkyl halides is 39. The fourth-order valence-corrected chi connectivity index (χ4v) is 5.21. The van der Waals surface area contributed by atoms with Gasteiger partial charge in [-0.2, -0.15) is 176 Å². The van der Waals surface area contributed by atoms with E-state index in [2.05, 4.69) is 4.99 Å². The summed E-state index contributed by atoms with van der Waals surface area (Å²) < 4.78 is 543. The van der Waals surface area contributed by atoms with Gasteiger partial charge in [-0.25, -0.2) is 4.79 Å². The van der Waals surface area contributed by atoms with Gasteiger partial charge < -0.3 is 5.32 Å². The summed E-state index contributed by atoms with van der Waals surface area (Å²) in [5.74, 6) is -180. The summed E-state index contributed by atoms with van der Waals surface area (Å²) in [6, 6.07) is -0.702. The highest BCUT2D eigenvalue weighted by Crippen LogP contribution is 2.71. The molecule has 0 aliphatic rings. The van der Waals surface area contributed by atoms with Crippen molar-refractivity contribution in [2.45, 2.75) is 139 Å². The molecule has 1 unspecified atom stereocenters. The Morgan fingerprint density at radius 1 is 0.419 bits per heavy atom. The number of nitrogens with one attached hydrogen (secondary N) is 1. The third-order valence-corrected chi connectivity index (χ3v) is 9.71. The molecule has 432 valence electrons. The molecule has 74 heavy (non-hydrogen) atoms. The molecule has 0 aliphatic carbocycles. The van der Waals surface area contributed by atoms with E-state index in [4.69, 9.17) is 0 Å². The Kier molecular flexibility index (Phi) is 16.4. The molecular formula is C31H13F39N2O2. The summed E-state index contributed by atoms with van der Waals surface area (Å²) in [7, 11) is 0. The molecule has 43 heteroatoms. The number of hydrogen-bond acceptors (Lipinski definition) is 3. The molecule has 0 fully saturated rings. The lowest BCUT2D eigenvalue weighted by atomic mass is 9.81. The fraction of sp³-hybridized carbons (Fsp3) is 0.742. The number of isocyanates is 1. The van der Waals surface area contributed by atoms with Crippen molar-refractivity contribution in [1.29, 1.82) is 0 Å². The zero-order chi connectivity index (χ0) is 60.3. The normalized spacial score (nSPS) is 16.5. The number of carbonyl (C=O) groups excluding carboxylic acids is 2. The molecule has 1 amide bonds. The minimum Gasteiger partial charge on any atom is -0.349 e. The maximum atomic E-state index is 14.5. The molecule has 1 aromatic carbocycles. The largest absolute Gasteiger partial charge is 0.460 e. The predicted octanol–water partition coefficient (Wildman–Crippen LogP) is 14.5. The number of aryl methyl sites for hydroxylation is 1. The van der Waals surface area contributed by atoms with Crippen LogP contribution in [0.1, 0.15) is 29.3 Å². The van der Waals surface area contributed by atoms with Crippen molar-refractivity contribution < 1.29 is 181 Å². The van der Waals surface area contributed by atoms with Crippen LogP contribution in [-0.2, 0) is 4.79 Å². The van der Waals surface area contributed by atoms with Crippen LogP contribution in [-0.4, -0.2) is 131 Å². The Morgan fingerprint density at radius 2 is 0.649 bits per heavy atom. The predicted molar refractivity (Wildman–Crippen MR) is 156 cm³/mol. The third kappa shape index (κ3) is 8.54. The second-order valence-corrected chi connectivity index (χ2v) is 14.7. The van der Waals surface area contributed by atoms with Gasteiger partial charge in [-0.15, -0.1) is 0 Å². The lowest BCUT2D eigenvalue weighted by Crippen LogP contribution is -2.80. The third-order valence-electron chi connectivity index (χ3n) is 9.71. The van der Waals surface area contributed by atoms with Gasteiger partial charge >= 0.3 is 113 Å². The number of halogens is 39. The van der Waals surface area contributed by atoms with Crippen LogP contribution in [0.25, 0.3) is 0 Å². The molecule has 1 atom stereocenters. The number of nitrogens with zero attached hydrogens (tertiary/aromatic N) is 1. The van der Waals surface area contributed by atoms with Crippen molar-refractivity contribution in [3.8, 4) is 0 Å². The summed E-state index contributed by atoms with van der Waals surface area (Å²) >= 11 is 0. The van der Waals surface area contributed by atoms with Crippen molar-refractivity contribution in [2.75, 3.05) is 0 Å². The molecule has 0 heterocycles. The first kappa shape index (κ1) is 67.4. The number of hydrogen-bond donors (Lipinski definition) is 1. The minimum atomic E-state index is -10.6. The van der Waals surface area contributed by atoms with E-state index < -0.39 is 142 Å². The van der Waals surface area contributed by atoms with Crippen molar-refractivity contribution in [1.82, 2.24) is 5.32 Å². The first-order chi connectivity index (χ1) is 31.7. The fourth-order valence-electron chi connectivity index (χ4n) is 5.21. The van der Waals surface area contributed by atoms with Gasteiger partial charge in [-0.05, 0) is 31.5 Å². The maximum Gasteiger partial charge on any atom is 0.460 e. The number of aliphatic imine (C=N–C) groups is 1. The van der Waals surface area contributed by atoms with Crippen molar-refractivity contribution in [3.63, 3.8) is 0 Å². The quantitative estimate of drug-likeness (QED) is 0.0714. The molecule has 1 N–H and O–H groups in total. The van der Waals surface area contributed by atoms with Gasteiger partial charge in [0.2, 0.25) is 6.08 Å². The standard InChI is InChI=1S/C31H13F39N2O2/c1-8-3-4-10(71-7-73)5-11(8)12(74)72-9(2)6-13(32,33)14(34,35)15(36,37)16(38,39)17(40,41)18(42,43)19(44,45)20(46,47)21(48,49)22(50,51)23(52,53)24(54,55)25(56,57)26(58,59)27(60,61)28(62,63)29(64,65)30(66,67)31(68,69)70/h3-5,9H,6H2,1-2H3,(H,72,74). The first-order valence-corrected chi connectivity index (χ1v) is 17.1. The van der Waals surface area contributed by atoms with Gasteiger partial charge in [0.25, 0.3) is 5.91 Å². The van der Waals surface area contributed by atoms with E-state index in [-0.39, 0.29) is 12.5 Å². The number of benzene rings is 1. The van der Waals surface area contributed by atoms with Crippen LogP contribution in [0.15, 0.2) is 23.2 Å². The van der Waals surface area contributed by atoms with Crippen LogP contribution in [0.4, 0.5) is 177 Å². The summed E-state index contributed by atoms with van der Waals surface area (Å²) in [5, 5.41) is 1.17. The Labute approximate surface area is 378 Å². The summed E-state index contributed by atoms with van der Waals surface area (Å²) in [5.41, 5.74) is -1.70. The number of amides is 1. The van der Waals surface area contributed by atoms with E-state index >= 15 is 0 Å². The highest BCUT2D eigenvalue weighted by atomic mass is 19.4. The summed E-state index contributed by atoms with van der Waals surface area (Å²) in [4.78, 5) is 25.7. The summed E-state index contributed by atoms with van der Waals surface area (Å²) in [6.07, 6.45) is -11.1. The van der Waals surface area contributed by atoms with Crippen LogP contribution < -0.4 is 5.32 Å². The van der Waals surface area contributed by atoms with Crippen LogP contribution in [0.3, 0.4) is 0 Å². The van der Waals surface area contributed by atoms with Gasteiger partial charge in [0.15, 0.2) is 0 Å². The molecule has 0 spiro atoms. The molecule has 1 rings (SSSR count). The second-order valence-electron chi connectivity index (χ2n) is 14.7. The SMILES string of the molecule is Cc1ccc(N=C=O)cc1C(=O)NC(C)CC(F)(F)C(F)(F)C(F)(F)C(F)(F)C(F)(F)C(F)(F)C(F)(F)C(F)(F)C(F)(F)C(F)(F)C(F)(F)C(F)(F)C(F)(F)C(F)(F)C(F)(F)C(F)(F)C(F)(F)C(F)(F)C(F)(F)F. The maximum absolute atomic E-state index is 14.5. The van der Waals surface area contributed by atoms with Gasteiger partial charge in [0.05, 0.1) is 5.69 Å². The van der Waals surface area contributed by atoms with E-state index in [9.17, 15) is 181 Å². The number of rotatable bonds is 22.